The first-order chi connectivity index (χ1) is 13.6. The fourth-order valence-corrected chi connectivity index (χ4v) is 3.31. The molecule has 0 bridgehead atoms. The van der Waals surface area contributed by atoms with Crippen LogP contribution in [0.15, 0.2) is 41.6 Å². The summed E-state index contributed by atoms with van der Waals surface area (Å²) in [4.78, 5) is 11.3. The molecule has 0 amide bonds. The molecule has 0 spiro atoms. The van der Waals surface area contributed by atoms with Crippen molar-refractivity contribution in [2.24, 2.45) is 5.18 Å². The van der Waals surface area contributed by atoms with Gasteiger partial charge in [0.05, 0.1) is 35.5 Å². The van der Waals surface area contributed by atoms with Gasteiger partial charge in [0.1, 0.15) is 5.69 Å². The standard InChI is InChI=1S/C21H21NO6/c1-24-16-9-12(10-17(25-2)20(16)27-4)19-13-7-6-8-15(22-23)14(13)11-18(26-3)21(19)28-5/h6-11H,1-5H3. The van der Waals surface area contributed by atoms with E-state index >= 15 is 0 Å². The zero-order chi connectivity index (χ0) is 20.3. The highest BCUT2D eigenvalue weighted by Gasteiger charge is 2.22. The molecular weight excluding hydrogens is 362 g/mol. The average molecular weight is 383 g/mol. The van der Waals surface area contributed by atoms with Gasteiger partial charge in [-0.05, 0) is 40.4 Å². The Morgan fingerprint density at radius 2 is 1.25 bits per heavy atom. The quantitative estimate of drug-likeness (QED) is 0.538. The van der Waals surface area contributed by atoms with Crippen molar-refractivity contribution in [3.8, 4) is 39.9 Å². The van der Waals surface area contributed by atoms with Crippen LogP contribution in [0.2, 0.25) is 0 Å². The second kappa shape index (κ2) is 8.04. The molecule has 146 valence electrons. The number of fused-ring (bicyclic) bond motifs is 1. The summed E-state index contributed by atoms with van der Waals surface area (Å²) >= 11 is 0. The van der Waals surface area contributed by atoms with Gasteiger partial charge in [0.15, 0.2) is 23.0 Å². The molecule has 0 aromatic heterocycles. The molecule has 3 aromatic rings. The molecule has 28 heavy (non-hydrogen) atoms. The first-order valence-electron chi connectivity index (χ1n) is 8.44. The summed E-state index contributed by atoms with van der Waals surface area (Å²) in [6.07, 6.45) is 0. The van der Waals surface area contributed by atoms with Crippen molar-refractivity contribution in [3.05, 3.63) is 41.3 Å². The molecule has 0 unspecified atom stereocenters. The Bertz CT molecular complexity index is 1010. The van der Waals surface area contributed by atoms with Crippen molar-refractivity contribution in [2.75, 3.05) is 35.5 Å². The number of ether oxygens (including phenoxy) is 5. The Morgan fingerprint density at radius 1 is 0.679 bits per heavy atom. The minimum absolute atomic E-state index is 0.312. The van der Waals surface area contributed by atoms with Crippen molar-refractivity contribution in [1.29, 1.82) is 0 Å². The highest BCUT2D eigenvalue weighted by atomic mass is 16.5. The van der Waals surface area contributed by atoms with Gasteiger partial charge in [-0.2, -0.15) is 0 Å². The maximum Gasteiger partial charge on any atom is 0.203 e. The highest BCUT2D eigenvalue weighted by molar-refractivity contribution is 6.06. The minimum Gasteiger partial charge on any atom is -0.493 e. The monoisotopic (exact) mass is 383 g/mol. The summed E-state index contributed by atoms with van der Waals surface area (Å²) in [6.45, 7) is 0. The summed E-state index contributed by atoms with van der Waals surface area (Å²) in [5, 5.41) is 4.58. The molecule has 0 saturated heterocycles. The first kappa shape index (κ1) is 19.3. The molecule has 7 nitrogen and oxygen atoms in total. The van der Waals surface area contributed by atoms with Crippen LogP contribution in [0.5, 0.6) is 28.7 Å². The van der Waals surface area contributed by atoms with E-state index in [-0.39, 0.29) is 0 Å². The van der Waals surface area contributed by atoms with Gasteiger partial charge in [0.25, 0.3) is 0 Å². The molecule has 3 aromatic carbocycles. The Labute approximate surface area is 162 Å². The van der Waals surface area contributed by atoms with Gasteiger partial charge in [-0.25, -0.2) is 0 Å². The van der Waals surface area contributed by atoms with Crippen LogP contribution in [0.4, 0.5) is 5.69 Å². The summed E-state index contributed by atoms with van der Waals surface area (Å²) < 4.78 is 27.5. The molecule has 0 fully saturated rings. The van der Waals surface area contributed by atoms with Crippen LogP contribution in [-0.2, 0) is 0 Å². The molecule has 0 aliphatic rings. The summed E-state index contributed by atoms with van der Waals surface area (Å²) in [7, 11) is 7.75. The van der Waals surface area contributed by atoms with Crippen LogP contribution >= 0.6 is 0 Å². The van der Waals surface area contributed by atoms with E-state index < -0.39 is 0 Å². The van der Waals surface area contributed by atoms with E-state index in [9.17, 15) is 4.91 Å². The zero-order valence-electron chi connectivity index (χ0n) is 16.4. The Hall–Kier alpha value is -3.48. The van der Waals surface area contributed by atoms with Gasteiger partial charge < -0.3 is 23.7 Å². The molecule has 0 heterocycles. The molecular formula is C21H21NO6. The topological polar surface area (TPSA) is 75.6 Å². The molecule has 0 aliphatic heterocycles. The smallest absolute Gasteiger partial charge is 0.203 e. The Morgan fingerprint density at radius 3 is 1.75 bits per heavy atom. The summed E-state index contributed by atoms with van der Waals surface area (Å²) in [5.74, 6) is 2.48. The van der Waals surface area contributed by atoms with Crippen LogP contribution in [0.25, 0.3) is 21.9 Å². The number of nitrogens with zero attached hydrogens (tertiary/aromatic N) is 1. The maximum atomic E-state index is 11.3. The fraction of sp³-hybridized carbons (Fsp3) is 0.238. The third kappa shape index (κ3) is 3.05. The third-order valence-corrected chi connectivity index (χ3v) is 4.55. The molecule has 0 radical (unpaired) electrons. The molecule has 0 N–H and O–H groups in total. The van der Waals surface area contributed by atoms with Crippen molar-refractivity contribution >= 4 is 16.5 Å². The van der Waals surface area contributed by atoms with Crippen LogP contribution < -0.4 is 23.7 Å². The number of hydrogen-bond donors (Lipinski definition) is 0. The number of methoxy groups -OCH3 is 5. The van der Waals surface area contributed by atoms with Crippen molar-refractivity contribution in [3.63, 3.8) is 0 Å². The van der Waals surface area contributed by atoms with Gasteiger partial charge in [-0.3, -0.25) is 0 Å². The first-order valence-corrected chi connectivity index (χ1v) is 8.44. The van der Waals surface area contributed by atoms with Gasteiger partial charge in [-0.1, -0.05) is 12.1 Å². The lowest BCUT2D eigenvalue weighted by atomic mass is 9.95. The molecule has 3 rings (SSSR count). The molecule has 0 aliphatic carbocycles. The third-order valence-electron chi connectivity index (χ3n) is 4.55. The second-order valence-corrected chi connectivity index (χ2v) is 5.86. The van der Waals surface area contributed by atoms with Gasteiger partial charge in [0.2, 0.25) is 5.75 Å². The lowest BCUT2D eigenvalue weighted by Crippen LogP contribution is -1.98. The molecule has 7 heteroatoms. The number of rotatable bonds is 7. The second-order valence-electron chi connectivity index (χ2n) is 5.86. The van der Waals surface area contributed by atoms with Crippen molar-refractivity contribution in [2.45, 2.75) is 0 Å². The van der Waals surface area contributed by atoms with Crippen LogP contribution in [0.3, 0.4) is 0 Å². The summed E-state index contributed by atoms with van der Waals surface area (Å²) in [5.41, 5.74) is 1.78. The normalized spacial score (nSPS) is 10.5. The largest absolute Gasteiger partial charge is 0.493 e. The van der Waals surface area contributed by atoms with Crippen molar-refractivity contribution < 1.29 is 23.7 Å². The SMILES string of the molecule is COc1cc(-c2c(OC)c(OC)cc3c(N=O)cccc23)cc(OC)c1OC. The predicted octanol–water partition coefficient (Wildman–Crippen LogP) is 4.95. The number of benzene rings is 3. The average Bonchev–Trinajstić information content (AvgIpc) is 2.75. The fourth-order valence-electron chi connectivity index (χ4n) is 3.31. The van der Waals surface area contributed by atoms with Crippen LogP contribution in [0, 0.1) is 4.91 Å². The van der Waals surface area contributed by atoms with E-state index in [1.165, 1.54) is 0 Å². The van der Waals surface area contributed by atoms with E-state index in [0.717, 1.165) is 16.5 Å². The number of hydrogen-bond acceptors (Lipinski definition) is 7. The minimum atomic E-state index is 0.312. The molecule has 0 atom stereocenters. The van der Waals surface area contributed by atoms with E-state index in [0.29, 0.717) is 39.8 Å². The maximum absolute atomic E-state index is 11.3. The van der Waals surface area contributed by atoms with Gasteiger partial charge in [-0.15, -0.1) is 4.91 Å². The van der Waals surface area contributed by atoms with Gasteiger partial charge in [0, 0.05) is 10.9 Å². The Balaban J connectivity index is 2.47. The lowest BCUT2D eigenvalue weighted by molar-refractivity contribution is 0.324. The van der Waals surface area contributed by atoms with Crippen LogP contribution in [-0.4, -0.2) is 35.5 Å². The summed E-state index contributed by atoms with van der Waals surface area (Å²) in [6, 6.07) is 10.7. The molecule has 0 saturated carbocycles. The number of nitroso groups, excluding NO2 is 1. The Kier molecular flexibility index (Phi) is 5.54. The van der Waals surface area contributed by atoms with E-state index in [1.807, 2.05) is 18.2 Å². The lowest BCUT2D eigenvalue weighted by Gasteiger charge is -2.19. The van der Waals surface area contributed by atoms with Crippen molar-refractivity contribution in [1.82, 2.24) is 0 Å². The van der Waals surface area contributed by atoms with E-state index in [2.05, 4.69) is 5.18 Å². The van der Waals surface area contributed by atoms with Gasteiger partial charge >= 0.3 is 0 Å². The predicted molar refractivity (Wildman–Crippen MR) is 108 cm³/mol. The van der Waals surface area contributed by atoms with Crippen LogP contribution in [0.1, 0.15) is 0 Å². The van der Waals surface area contributed by atoms with E-state index in [4.69, 9.17) is 23.7 Å². The zero-order valence-corrected chi connectivity index (χ0v) is 16.4. The van der Waals surface area contributed by atoms with E-state index in [1.54, 1.807) is 53.7 Å². The highest BCUT2D eigenvalue weighted by Crippen LogP contribution is 2.49.